The van der Waals surface area contributed by atoms with Crippen LogP contribution in [0.25, 0.3) is 0 Å². The number of hydrogen-bond donors (Lipinski definition) is 2. The summed E-state index contributed by atoms with van der Waals surface area (Å²) in [5, 5.41) is 15.2. The molecule has 3 aromatic rings. The molecule has 0 saturated heterocycles. The Morgan fingerprint density at radius 3 is 2.81 bits per heavy atom. The summed E-state index contributed by atoms with van der Waals surface area (Å²) >= 11 is 2.78. The Labute approximate surface area is 188 Å². The van der Waals surface area contributed by atoms with Crippen molar-refractivity contribution in [2.75, 3.05) is 24.3 Å². The van der Waals surface area contributed by atoms with Crippen molar-refractivity contribution in [2.45, 2.75) is 30.8 Å². The number of anilines is 1. The molecule has 4 rings (SSSR count). The van der Waals surface area contributed by atoms with Gasteiger partial charge in [-0.1, -0.05) is 43.0 Å². The highest BCUT2D eigenvalue weighted by Crippen LogP contribution is 2.34. The minimum absolute atomic E-state index is 0.0566. The normalized spacial score (nSPS) is 13.8. The van der Waals surface area contributed by atoms with Crippen LogP contribution in [0.3, 0.4) is 0 Å². The third-order valence-corrected chi connectivity index (χ3v) is 6.65. The summed E-state index contributed by atoms with van der Waals surface area (Å²) in [4.78, 5) is 12.6. The fourth-order valence-electron chi connectivity index (χ4n) is 3.15. The number of furan rings is 1. The average Bonchev–Trinajstić information content (AvgIpc) is 3.46. The summed E-state index contributed by atoms with van der Waals surface area (Å²) in [5.74, 6) is 2.71. The van der Waals surface area contributed by atoms with Crippen molar-refractivity contribution < 1.29 is 18.7 Å². The predicted molar refractivity (Wildman–Crippen MR) is 120 cm³/mol. The molecule has 1 aliphatic heterocycles. The van der Waals surface area contributed by atoms with Crippen molar-refractivity contribution in [3.63, 3.8) is 0 Å². The lowest BCUT2D eigenvalue weighted by atomic mass is 9.95. The number of ether oxygens (including phenoxy) is 2. The zero-order valence-electron chi connectivity index (χ0n) is 17.3. The smallest absolute Gasteiger partial charge is 0.230 e. The molecule has 1 aromatic carbocycles. The minimum Gasteiger partial charge on any atom is -0.486 e. The van der Waals surface area contributed by atoms with Gasteiger partial charge >= 0.3 is 0 Å². The molecule has 0 spiro atoms. The SMILES string of the molecule is CC(C)[C@@H](NC(=O)CSc1nnc(NCc2ccco2)s1)c1ccc2c(c1)OCCO2. The number of carbonyl (C=O) groups is 1. The summed E-state index contributed by atoms with van der Waals surface area (Å²) in [6.45, 7) is 5.79. The van der Waals surface area contributed by atoms with E-state index in [1.54, 1.807) is 6.26 Å². The summed E-state index contributed by atoms with van der Waals surface area (Å²) in [6.07, 6.45) is 1.63. The molecule has 3 heterocycles. The first-order valence-electron chi connectivity index (χ1n) is 10.00. The van der Waals surface area contributed by atoms with E-state index < -0.39 is 0 Å². The molecule has 1 amide bonds. The summed E-state index contributed by atoms with van der Waals surface area (Å²) in [5.41, 5.74) is 0.998. The van der Waals surface area contributed by atoms with Crippen LogP contribution < -0.4 is 20.1 Å². The van der Waals surface area contributed by atoms with Gasteiger partial charge in [0.2, 0.25) is 11.0 Å². The van der Waals surface area contributed by atoms with Gasteiger partial charge in [0.1, 0.15) is 19.0 Å². The van der Waals surface area contributed by atoms with Crippen LogP contribution >= 0.6 is 23.1 Å². The van der Waals surface area contributed by atoms with Gasteiger partial charge in [-0.3, -0.25) is 4.79 Å². The zero-order chi connectivity index (χ0) is 21.6. The van der Waals surface area contributed by atoms with E-state index in [4.69, 9.17) is 13.9 Å². The number of thioether (sulfide) groups is 1. The number of nitrogens with one attached hydrogen (secondary N) is 2. The Kier molecular flexibility index (Phi) is 6.98. The first-order valence-corrected chi connectivity index (χ1v) is 11.8. The lowest BCUT2D eigenvalue weighted by molar-refractivity contribution is -0.119. The van der Waals surface area contributed by atoms with Crippen LogP contribution in [0.5, 0.6) is 11.5 Å². The molecule has 0 bridgehead atoms. The fourth-order valence-corrected chi connectivity index (χ4v) is 4.70. The Bertz CT molecular complexity index is 1010. The van der Waals surface area contributed by atoms with E-state index in [0.29, 0.717) is 24.9 Å². The molecule has 1 atom stereocenters. The van der Waals surface area contributed by atoms with Gasteiger partial charge in [-0.05, 0) is 35.7 Å². The van der Waals surface area contributed by atoms with E-state index in [2.05, 4.69) is 34.7 Å². The van der Waals surface area contributed by atoms with Crippen molar-refractivity contribution in [1.29, 1.82) is 0 Å². The lowest BCUT2D eigenvalue weighted by Crippen LogP contribution is -2.33. The molecule has 0 aliphatic carbocycles. The molecule has 8 nitrogen and oxygen atoms in total. The van der Waals surface area contributed by atoms with Crippen LogP contribution in [-0.2, 0) is 11.3 Å². The standard InChI is InChI=1S/C21H24N4O4S2/c1-13(2)19(14-5-6-16-17(10-14)29-9-8-28-16)23-18(26)12-30-21-25-24-20(31-21)22-11-15-4-3-7-27-15/h3-7,10,13,19H,8-9,11-12H2,1-2H3,(H,22,24)(H,23,26)/t19-/m1/s1. The van der Waals surface area contributed by atoms with Gasteiger partial charge in [-0.15, -0.1) is 10.2 Å². The molecule has 31 heavy (non-hydrogen) atoms. The second kappa shape index (κ2) is 10.1. The molecule has 10 heteroatoms. The maximum absolute atomic E-state index is 12.6. The molecule has 0 saturated carbocycles. The maximum atomic E-state index is 12.6. The molecule has 0 radical (unpaired) electrons. The quantitative estimate of drug-likeness (QED) is 0.460. The Morgan fingerprint density at radius 1 is 1.19 bits per heavy atom. The monoisotopic (exact) mass is 460 g/mol. The minimum atomic E-state index is -0.121. The second-order valence-electron chi connectivity index (χ2n) is 7.29. The predicted octanol–water partition coefficient (Wildman–Crippen LogP) is 4.12. The van der Waals surface area contributed by atoms with Crippen molar-refractivity contribution in [2.24, 2.45) is 5.92 Å². The van der Waals surface area contributed by atoms with Crippen LogP contribution in [0.2, 0.25) is 0 Å². The first-order chi connectivity index (χ1) is 15.1. The van der Waals surface area contributed by atoms with Gasteiger partial charge in [-0.25, -0.2) is 0 Å². The molecule has 2 N–H and O–H groups in total. The van der Waals surface area contributed by atoms with Gasteiger partial charge < -0.3 is 24.5 Å². The number of benzene rings is 1. The second-order valence-corrected chi connectivity index (χ2v) is 9.49. The van der Waals surface area contributed by atoms with Crippen LogP contribution in [0.1, 0.15) is 31.2 Å². The number of hydrogen-bond acceptors (Lipinski definition) is 9. The average molecular weight is 461 g/mol. The number of aromatic nitrogens is 2. The summed E-state index contributed by atoms with van der Waals surface area (Å²) < 4.78 is 17.3. The first kappa shape index (κ1) is 21.5. The van der Waals surface area contributed by atoms with Gasteiger partial charge in [0.15, 0.2) is 15.8 Å². The number of fused-ring (bicyclic) bond motifs is 1. The highest BCUT2D eigenvalue weighted by Gasteiger charge is 2.22. The Morgan fingerprint density at radius 2 is 2.03 bits per heavy atom. The fraction of sp³-hybridized carbons (Fsp3) is 0.381. The molecule has 164 valence electrons. The molecular formula is C21H24N4O4S2. The van der Waals surface area contributed by atoms with Gasteiger partial charge in [0.05, 0.1) is 24.6 Å². The number of carbonyl (C=O) groups excluding carboxylic acids is 1. The molecule has 1 aliphatic rings. The van der Waals surface area contributed by atoms with Crippen molar-refractivity contribution in [3.8, 4) is 11.5 Å². The van der Waals surface area contributed by atoms with Crippen molar-refractivity contribution in [1.82, 2.24) is 15.5 Å². The van der Waals surface area contributed by atoms with Gasteiger partial charge in [0, 0.05) is 0 Å². The van der Waals surface area contributed by atoms with Crippen LogP contribution in [0.4, 0.5) is 5.13 Å². The van der Waals surface area contributed by atoms with E-state index >= 15 is 0 Å². The van der Waals surface area contributed by atoms with E-state index in [0.717, 1.165) is 27.2 Å². The van der Waals surface area contributed by atoms with Crippen LogP contribution in [0, 0.1) is 5.92 Å². The van der Waals surface area contributed by atoms with Crippen LogP contribution in [0.15, 0.2) is 45.4 Å². The van der Waals surface area contributed by atoms with Gasteiger partial charge in [-0.2, -0.15) is 0 Å². The third kappa shape index (κ3) is 5.71. The molecule has 0 fully saturated rings. The van der Waals surface area contributed by atoms with E-state index in [1.807, 2.05) is 30.3 Å². The molecular weight excluding hydrogens is 436 g/mol. The van der Waals surface area contributed by atoms with Crippen LogP contribution in [-0.4, -0.2) is 35.1 Å². The number of amides is 1. The third-order valence-electron chi connectivity index (χ3n) is 4.64. The zero-order valence-corrected chi connectivity index (χ0v) is 18.9. The largest absolute Gasteiger partial charge is 0.486 e. The van der Waals surface area contributed by atoms with Gasteiger partial charge in [0.25, 0.3) is 0 Å². The summed E-state index contributed by atoms with van der Waals surface area (Å²) in [6, 6.07) is 9.44. The topological polar surface area (TPSA) is 98.5 Å². The number of nitrogens with zero attached hydrogens (tertiary/aromatic N) is 2. The highest BCUT2D eigenvalue weighted by atomic mass is 32.2. The van der Waals surface area contributed by atoms with E-state index in [-0.39, 0.29) is 23.6 Å². The Hall–Kier alpha value is -2.72. The lowest BCUT2D eigenvalue weighted by Gasteiger charge is -2.25. The van der Waals surface area contributed by atoms with E-state index in [1.165, 1.54) is 23.1 Å². The van der Waals surface area contributed by atoms with E-state index in [9.17, 15) is 4.79 Å². The molecule has 2 aromatic heterocycles. The maximum Gasteiger partial charge on any atom is 0.230 e. The van der Waals surface area contributed by atoms with Crippen molar-refractivity contribution in [3.05, 3.63) is 47.9 Å². The summed E-state index contributed by atoms with van der Waals surface area (Å²) in [7, 11) is 0. The van der Waals surface area contributed by atoms with Crippen molar-refractivity contribution >= 4 is 34.1 Å². The molecule has 0 unspecified atom stereocenters. The number of rotatable bonds is 9. The highest BCUT2D eigenvalue weighted by molar-refractivity contribution is 8.01. The Balaban J connectivity index is 1.31.